The van der Waals surface area contributed by atoms with E-state index < -0.39 is 10.0 Å². The van der Waals surface area contributed by atoms with Crippen LogP contribution in [0.15, 0.2) is 52.5 Å². The normalized spacial score (nSPS) is 15.1. The van der Waals surface area contributed by atoms with Crippen molar-refractivity contribution in [2.24, 2.45) is 5.10 Å². The number of nitrogen functional groups attached to an aromatic ring is 1. The molecule has 0 radical (unpaired) electrons. The summed E-state index contributed by atoms with van der Waals surface area (Å²) in [6.45, 7) is 1.60. The summed E-state index contributed by atoms with van der Waals surface area (Å²) in [5.41, 5.74) is 6.88. The fourth-order valence-corrected chi connectivity index (χ4v) is 4.01. The van der Waals surface area contributed by atoms with Crippen molar-refractivity contribution >= 4 is 21.5 Å². The molecule has 2 aromatic carbocycles. The van der Waals surface area contributed by atoms with E-state index in [1.54, 1.807) is 26.4 Å². The third kappa shape index (κ3) is 4.92. The second-order valence-electron chi connectivity index (χ2n) is 6.72. The molecule has 0 bridgehead atoms. The van der Waals surface area contributed by atoms with Crippen LogP contribution in [0.3, 0.4) is 0 Å². The number of anilines is 1. The van der Waals surface area contributed by atoms with Gasteiger partial charge in [-0.15, -0.1) is 5.10 Å². The molecule has 0 unspecified atom stereocenters. The molecular formula is C20H26N4O4S. The summed E-state index contributed by atoms with van der Waals surface area (Å²) in [6.07, 6.45) is 3.20. The van der Waals surface area contributed by atoms with Gasteiger partial charge in [-0.05, 0) is 61.7 Å². The third-order valence-electron chi connectivity index (χ3n) is 4.76. The summed E-state index contributed by atoms with van der Waals surface area (Å²) in [5, 5.41) is 4.30. The number of hydrazone groups is 1. The lowest BCUT2D eigenvalue weighted by Gasteiger charge is -2.30. The van der Waals surface area contributed by atoms with Crippen LogP contribution in [0.1, 0.15) is 24.8 Å². The number of hydrogen-bond donors (Lipinski definition) is 2. The molecule has 3 rings (SSSR count). The lowest BCUT2D eigenvalue weighted by atomic mass is 10.1. The maximum Gasteiger partial charge on any atom is 0.276 e. The van der Waals surface area contributed by atoms with E-state index in [9.17, 15) is 8.42 Å². The second kappa shape index (κ2) is 9.04. The molecule has 0 aromatic heterocycles. The molecule has 1 fully saturated rings. The van der Waals surface area contributed by atoms with Gasteiger partial charge < -0.3 is 20.1 Å². The van der Waals surface area contributed by atoms with Gasteiger partial charge in [0, 0.05) is 24.3 Å². The fourth-order valence-electron chi connectivity index (χ4n) is 3.20. The lowest BCUT2D eigenvalue weighted by Crippen LogP contribution is -2.38. The zero-order valence-electron chi connectivity index (χ0n) is 16.6. The minimum Gasteiger partial charge on any atom is -0.493 e. The summed E-state index contributed by atoms with van der Waals surface area (Å²) in [7, 11) is -0.697. The highest BCUT2D eigenvalue weighted by Crippen LogP contribution is 2.28. The van der Waals surface area contributed by atoms with Crippen molar-refractivity contribution in [1.29, 1.82) is 0 Å². The molecular weight excluding hydrogens is 392 g/mol. The molecule has 0 saturated carbocycles. The van der Waals surface area contributed by atoms with E-state index in [1.807, 2.05) is 6.07 Å². The smallest absolute Gasteiger partial charge is 0.276 e. The van der Waals surface area contributed by atoms with E-state index >= 15 is 0 Å². The van der Waals surface area contributed by atoms with Crippen molar-refractivity contribution in [1.82, 2.24) is 9.73 Å². The number of benzene rings is 2. The minimum absolute atomic E-state index is 0.0979. The van der Waals surface area contributed by atoms with Gasteiger partial charge in [0.15, 0.2) is 17.3 Å². The van der Waals surface area contributed by atoms with E-state index in [-0.39, 0.29) is 4.90 Å². The number of sulfonamides is 1. The van der Waals surface area contributed by atoms with Crippen LogP contribution in [0.5, 0.6) is 11.5 Å². The summed E-state index contributed by atoms with van der Waals surface area (Å²) in [5.74, 6) is 1.69. The average Bonchev–Trinajstić information content (AvgIpc) is 2.74. The molecule has 0 spiro atoms. The highest BCUT2D eigenvalue weighted by Gasteiger charge is 2.20. The number of rotatable bonds is 6. The molecule has 9 heteroatoms. The minimum atomic E-state index is -3.82. The molecule has 2 aromatic rings. The maximum absolute atomic E-state index is 12.7. The number of amidine groups is 1. The fraction of sp³-hybridized carbons (Fsp3) is 0.350. The van der Waals surface area contributed by atoms with Crippen molar-refractivity contribution in [3.63, 3.8) is 0 Å². The van der Waals surface area contributed by atoms with Crippen molar-refractivity contribution < 1.29 is 17.9 Å². The predicted octanol–water partition coefficient (Wildman–Crippen LogP) is 2.41. The molecule has 0 amide bonds. The van der Waals surface area contributed by atoms with Gasteiger partial charge in [0.05, 0.1) is 19.1 Å². The first-order valence-corrected chi connectivity index (χ1v) is 10.9. The van der Waals surface area contributed by atoms with Gasteiger partial charge in [-0.1, -0.05) is 0 Å². The Labute approximate surface area is 171 Å². The molecule has 0 aliphatic carbocycles. The Balaban J connectivity index is 1.96. The highest BCUT2D eigenvalue weighted by molar-refractivity contribution is 7.89. The Morgan fingerprint density at radius 2 is 1.66 bits per heavy atom. The number of nitrogens with zero attached hydrogens (tertiary/aromatic N) is 2. The molecule has 1 aliphatic rings. The average molecular weight is 419 g/mol. The zero-order chi connectivity index (χ0) is 20.9. The quantitative estimate of drug-likeness (QED) is 0.323. The molecule has 3 N–H and O–H groups in total. The van der Waals surface area contributed by atoms with Gasteiger partial charge >= 0.3 is 0 Å². The standard InChI is InChI=1S/C20H26N4O4S/c1-27-18-11-6-15(14-19(18)28-2)20(24-12-4-3-5-13-24)22-23-29(25,26)17-9-7-16(21)8-10-17/h6-11,14,23H,3-5,12-13,21H2,1-2H3/b22-20-. The van der Waals surface area contributed by atoms with Gasteiger partial charge in [-0.3, -0.25) is 0 Å². The Hall–Kier alpha value is -2.94. The number of methoxy groups -OCH3 is 2. The molecule has 1 heterocycles. The van der Waals surface area contributed by atoms with Gasteiger partial charge in [-0.25, -0.2) is 0 Å². The molecule has 0 atom stereocenters. The largest absolute Gasteiger partial charge is 0.493 e. The molecule has 29 heavy (non-hydrogen) atoms. The van der Waals surface area contributed by atoms with Gasteiger partial charge in [0.25, 0.3) is 10.0 Å². The van der Waals surface area contributed by atoms with Crippen molar-refractivity contribution in [3.05, 3.63) is 48.0 Å². The topological polar surface area (TPSA) is 106 Å². The van der Waals surface area contributed by atoms with Crippen molar-refractivity contribution in [3.8, 4) is 11.5 Å². The molecule has 1 aliphatic heterocycles. The van der Waals surface area contributed by atoms with E-state index in [1.165, 1.54) is 24.3 Å². The molecule has 8 nitrogen and oxygen atoms in total. The number of ether oxygens (including phenoxy) is 2. The number of nitrogens with two attached hydrogens (primary N) is 1. The maximum atomic E-state index is 12.7. The predicted molar refractivity (Wildman–Crippen MR) is 113 cm³/mol. The lowest BCUT2D eigenvalue weighted by molar-refractivity contribution is 0.340. The first-order valence-electron chi connectivity index (χ1n) is 9.37. The highest BCUT2D eigenvalue weighted by atomic mass is 32.2. The number of nitrogens with one attached hydrogen (secondary N) is 1. The monoisotopic (exact) mass is 418 g/mol. The zero-order valence-corrected chi connectivity index (χ0v) is 17.4. The number of piperidine rings is 1. The van der Waals surface area contributed by atoms with E-state index in [0.717, 1.165) is 37.9 Å². The summed E-state index contributed by atoms with van der Waals surface area (Å²) < 4.78 is 36.0. The third-order valence-corrected chi connectivity index (χ3v) is 5.98. The van der Waals surface area contributed by atoms with Crippen LogP contribution in [0, 0.1) is 0 Å². The van der Waals surface area contributed by atoms with Crippen molar-refractivity contribution in [2.75, 3.05) is 33.0 Å². The number of likely N-dealkylation sites (tertiary alicyclic amines) is 1. The first kappa shape index (κ1) is 20.8. The van der Waals surface area contributed by atoms with Crippen LogP contribution in [0.2, 0.25) is 0 Å². The van der Waals surface area contributed by atoms with Crippen LogP contribution in [-0.2, 0) is 10.0 Å². The van der Waals surface area contributed by atoms with Crippen LogP contribution < -0.4 is 20.0 Å². The van der Waals surface area contributed by atoms with Gasteiger partial charge in [0.1, 0.15) is 0 Å². The van der Waals surface area contributed by atoms with Gasteiger partial charge in [0.2, 0.25) is 0 Å². The Morgan fingerprint density at radius 3 is 2.28 bits per heavy atom. The Kier molecular flexibility index (Phi) is 6.48. The van der Waals surface area contributed by atoms with Crippen LogP contribution in [0.25, 0.3) is 0 Å². The van der Waals surface area contributed by atoms with E-state index in [4.69, 9.17) is 15.2 Å². The van der Waals surface area contributed by atoms with Gasteiger partial charge in [-0.2, -0.15) is 13.2 Å². The van der Waals surface area contributed by atoms with Crippen LogP contribution in [-0.4, -0.2) is 46.5 Å². The Morgan fingerprint density at radius 1 is 1.00 bits per heavy atom. The SMILES string of the molecule is COc1ccc(/C(=N/NS(=O)(=O)c2ccc(N)cc2)N2CCCCC2)cc1OC. The van der Waals surface area contributed by atoms with Crippen LogP contribution in [0.4, 0.5) is 5.69 Å². The van der Waals surface area contributed by atoms with Crippen molar-refractivity contribution in [2.45, 2.75) is 24.2 Å². The number of hydrogen-bond acceptors (Lipinski definition) is 6. The second-order valence-corrected chi connectivity index (χ2v) is 8.38. The summed E-state index contributed by atoms with van der Waals surface area (Å²) in [6, 6.07) is 11.4. The van der Waals surface area contributed by atoms with Crippen LogP contribution >= 0.6 is 0 Å². The Bertz CT molecular complexity index is 968. The first-order chi connectivity index (χ1) is 13.9. The summed E-state index contributed by atoms with van der Waals surface area (Å²) in [4.78, 5) is 4.54. The molecule has 1 saturated heterocycles. The van der Waals surface area contributed by atoms with E-state index in [2.05, 4.69) is 14.8 Å². The molecule has 156 valence electrons. The summed E-state index contributed by atoms with van der Waals surface area (Å²) >= 11 is 0. The van der Waals surface area contributed by atoms with E-state index in [0.29, 0.717) is 23.0 Å².